The Kier molecular flexibility index (Phi) is 4.34. The monoisotopic (exact) mass is 256 g/mol. The number of piperidine rings is 1. The number of nitrogens with zero attached hydrogens (tertiary/aromatic N) is 2. The van der Waals surface area contributed by atoms with Crippen LogP contribution in [-0.4, -0.2) is 23.8 Å². The fourth-order valence-corrected chi connectivity index (χ4v) is 2.78. The Morgan fingerprint density at radius 1 is 1.37 bits per heavy atom. The molecule has 0 aromatic heterocycles. The van der Waals surface area contributed by atoms with Crippen LogP contribution in [0.3, 0.4) is 0 Å². The second kappa shape index (κ2) is 5.99. The maximum absolute atomic E-state index is 12.3. The Balaban J connectivity index is 2.00. The van der Waals surface area contributed by atoms with E-state index in [4.69, 9.17) is 5.26 Å². The van der Waals surface area contributed by atoms with Crippen LogP contribution in [0, 0.1) is 16.7 Å². The summed E-state index contributed by atoms with van der Waals surface area (Å²) in [5.41, 5.74) is 0.849. The highest BCUT2D eigenvalue weighted by Crippen LogP contribution is 2.35. The molecule has 1 saturated heterocycles. The average Bonchev–Trinajstić information content (AvgIpc) is 2.43. The molecule has 1 aliphatic rings. The number of Topliss-reactive ketones (excluding diaryl/α,β-unsaturated/α-hetero) is 1. The van der Waals surface area contributed by atoms with Gasteiger partial charge in [0.15, 0.2) is 5.78 Å². The number of carbonyl (C=O) groups is 1. The third kappa shape index (κ3) is 3.02. The normalized spacial score (nSPS) is 24.1. The van der Waals surface area contributed by atoms with E-state index in [0.717, 1.165) is 25.9 Å². The van der Waals surface area contributed by atoms with Crippen LogP contribution >= 0.6 is 0 Å². The standard InChI is InChI=1S/C16H20N2O/c1-2-16(8-10-17)9-11-18(13-15(16)19)12-14-6-4-3-5-7-14/h3-7H,2,8-9,11-13H2,1H3. The van der Waals surface area contributed by atoms with Crippen molar-refractivity contribution in [2.45, 2.75) is 32.7 Å². The smallest absolute Gasteiger partial charge is 0.154 e. The highest BCUT2D eigenvalue weighted by Gasteiger charge is 2.40. The van der Waals surface area contributed by atoms with Gasteiger partial charge < -0.3 is 0 Å². The van der Waals surface area contributed by atoms with Crippen LogP contribution in [0.5, 0.6) is 0 Å². The molecule has 100 valence electrons. The summed E-state index contributed by atoms with van der Waals surface area (Å²) in [5.74, 6) is 0.235. The van der Waals surface area contributed by atoms with E-state index in [-0.39, 0.29) is 11.2 Å². The quantitative estimate of drug-likeness (QED) is 0.832. The fourth-order valence-electron chi connectivity index (χ4n) is 2.78. The second-order valence-electron chi connectivity index (χ2n) is 5.34. The van der Waals surface area contributed by atoms with Crippen LogP contribution in [0.1, 0.15) is 31.7 Å². The summed E-state index contributed by atoms with van der Waals surface area (Å²) in [4.78, 5) is 14.5. The first-order valence-corrected chi connectivity index (χ1v) is 6.87. The molecule has 19 heavy (non-hydrogen) atoms. The highest BCUT2D eigenvalue weighted by molar-refractivity contribution is 5.87. The fraction of sp³-hybridized carbons (Fsp3) is 0.500. The molecule has 0 N–H and O–H groups in total. The molecule has 0 spiro atoms. The van der Waals surface area contributed by atoms with E-state index in [1.807, 2.05) is 25.1 Å². The van der Waals surface area contributed by atoms with E-state index in [2.05, 4.69) is 23.1 Å². The van der Waals surface area contributed by atoms with Gasteiger partial charge in [-0.1, -0.05) is 37.3 Å². The zero-order valence-corrected chi connectivity index (χ0v) is 11.4. The SMILES string of the molecule is CCC1(CC#N)CCN(Cc2ccccc2)CC1=O. The first kappa shape index (κ1) is 13.8. The molecule has 0 radical (unpaired) electrons. The minimum absolute atomic E-state index is 0.235. The Hall–Kier alpha value is -1.66. The van der Waals surface area contributed by atoms with Crippen molar-refractivity contribution in [3.05, 3.63) is 35.9 Å². The van der Waals surface area contributed by atoms with Crippen molar-refractivity contribution >= 4 is 5.78 Å². The molecule has 0 saturated carbocycles. The van der Waals surface area contributed by atoms with Gasteiger partial charge >= 0.3 is 0 Å². The van der Waals surface area contributed by atoms with Crippen LogP contribution in [0.15, 0.2) is 30.3 Å². The number of nitriles is 1. The Bertz CT molecular complexity index is 477. The lowest BCUT2D eigenvalue weighted by molar-refractivity contribution is -0.134. The Morgan fingerprint density at radius 2 is 2.11 bits per heavy atom. The van der Waals surface area contributed by atoms with E-state index in [0.29, 0.717) is 13.0 Å². The van der Waals surface area contributed by atoms with Crippen LogP contribution in [-0.2, 0) is 11.3 Å². The molecule has 1 aromatic carbocycles. The lowest BCUT2D eigenvalue weighted by Gasteiger charge is -2.38. The molecular formula is C16H20N2O. The van der Waals surface area contributed by atoms with Crippen molar-refractivity contribution in [3.8, 4) is 6.07 Å². The molecule has 2 rings (SSSR count). The van der Waals surface area contributed by atoms with E-state index in [1.54, 1.807) is 0 Å². The number of likely N-dealkylation sites (tertiary alicyclic amines) is 1. The van der Waals surface area contributed by atoms with E-state index >= 15 is 0 Å². The lowest BCUT2D eigenvalue weighted by atomic mass is 9.73. The third-order valence-corrected chi connectivity index (χ3v) is 4.21. The van der Waals surface area contributed by atoms with Crippen molar-refractivity contribution in [2.24, 2.45) is 5.41 Å². The molecule has 1 fully saturated rings. The Morgan fingerprint density at radius 3 is 2.68 bits per heavy atom. The van der Waals surface area contributed by atoms with Crippen LogP contribution in [0.4, 0.5) is 0 Å². The van der Waals surface area contributed by atoms with Crippen LogP contribution in [0.25, 0.3) is 0 Å². The maximum atomic E-state index is 12.3. The molecule has 0 aliphatic carbocycles. The zero-order valence-electron chi connectivity index (χ0n) is 11.4. The molecule has 1 aromatic rings. The first-order valence-electron chi connectivity index (χ1n) is 6.87. The van der Waals surface area contributed by atoms with E-state index in [9.17, 15) is 4.79 Å². The number of carbonyl (C=O) groups excluding carboxylic acids is 1. The second-order valence-corrected chi connectivity index (χ2v) is 5.34. The summed E-state index contributed by atoms with van der Waals surface area (Å²) in [7, 11) is 0. The molecule has 0 bridgehead atoms. The van der Waals surface area contributed by atoms with Crippen molar-refractivity contribution in [2.75, 3.05) is 13.1 Å². The van der Waals surface area contributed by atoms with E-state index in [1.165, 1.54) is 5.56 Å². The van der Waals surface area contributed by atoms with Gasteiger partial charge in [-0.2, -0.15) is 5.26 Å². The van der Waals surface area contributed by atoms with Gasteiger partial charge in [0, 0.05) is 18.4 Å². The van der Waals surface area contributed by atoms with Crippen molar-refractivity contribution in [1.82, 2.24) is 4.90 Å². The lowest BCUT2D eigenvalue weighted by Crippen LogP contribution is -2.47. The summed E-state index contributed by atoms with van der Waals surface area (Å²) in [6.45, 7) is 4.21. The Labute approximate surface area is 114 Å². The number of ketones is 1. The maximum Gasteiger partial charge on any atom is 0.154 e. The largest absolute Gasteiger partial charge is 0.298 e. The summed E-state index contributed by atoms with van der Waals surface area (Å²) in [6, 6.07) is 12.4. The molecule has 1 unspecified atom stereocenters. The molecule has 0 amide bonds. The van der Waals surface area contributed by atoms with Crippen LogP contribution in [0.2, 0.25) is 0 Å². The molecule has 3 heteroatoms. The van der Waals surface area contributed by atoms with Crippen molar-refractivity contribution < 1.29 is 4.79 Å². The summed E-state index contributed by atoms with van der Waals surface area (Å²) >= 11 is 0. The first-order chi connectivity index (χ1) is 9.20. The van der Waals surface area contributed by atoms with Gasteiger partial charge in [0.2, 0.25) is 0 Å². The van der Waals surface area contributed by atoms with Crippen molar-refractivity contribution in [3.63, 3.8) is 0 Å². The molecule has 3 nitrogen and oxygen atoms in total. The minimum atomic E-state index is -0.387. The van der Waals surface area contributed by atoms with Gasteiger partial charge in [0.25, 0.3) is 0 Å². The molecular weight excluding hydrogens is 236 g/mol. The van der Waals surface area contributed by atoms with Gasteiger partial charge in [0.05, 0.1) is 12.6 Å². The van der Waals surface area contributed by atoms with E-state index < -0.39 is 0 Å². The number of hydrogen-bond donors (Lipinski definition) is 0. The van der Waals surface area contributed by atoms with Gasteiger partial charge in [0.1, 0.15) is 0 Å². The highest BCUT2D eigenvalue weighted by atomic mass is 16.1. The number of hydrogen-bond acceptors (Lipinski definition) is 3. The van der Waals surface area contributed by atoms with Gasteiger partial charge in [-0.25, -0.2) is 0 Å². The summed E-state index contributed by atoms with van der Waals surface area (Å²) in [6.07, 6.45) is 1.95. The van der Waals surface area contributed by atoms with Crippen LogP contribution < -0.4 is 0 Å². The minimum Gasteiger partial charge on any atom is -0.298 e. The number of benzene rings is 1. The number of rotatable bonds is 4. The predicted octanol–water partition coefficient (Wildman–Crippen LogP) is 2.77. The van der Waals surface area contributed by atoms with Gasteiger partial charge in [-0.05, 0) is 24.9 Å². The van der Waals surface area contributed by atoms with Gasteiger partial charge in [-0.15, -0.1) is 0 Å². The third-order valence-electron chi connectivity index (χ3n) is 4.21. The average molecular weight is 256 g/mol. The van der Waals surface area contributed by atoms with Gasteiger partial charge in [-0.3, -0.25) is 9.69 Å². The predicted molar refractivity (Wildman–Crippen MR) is 74.3 cm³/mol. The molecule has 1 aliphatic heterocycles. The van der Waals surface area contributed by atoms with Crippen molar-refractivity contribution in [1.29, 1.82) is 5.26 Å². The topological polar surface area (TPSA) is 44.1 Å². The zero-order chi connectivity index (χ0) is 13.7. The molecule has 1 atom stereocenters. The molecule has 1 heterocycles. The summed E-state index contributed by atoms with van der Waals surface area (Å²) in [5, 5.41) is 8.92. The summed E-state index contributed by atoms with van der Waals surface area (Å²) < 4.78 is 0.